The van der Waals surface area contributed by atoms with Gasteiger partial charge < -0.3 is 15.5 Å². The summed E-state index contributed by atoms with van der Waals surface area (Å²) in [6, 6.07) is 5.63. The molecule has 3 rings (SSSR count). The molecule has 2 aromatic rings. The van der Waals surface area contributed by atoms with Crippen molar-refractivity contribution in [2.75, 3.05) is 11.9 Å². The molecule has 0 saturated heterocycles. The van der Waals surface area contributed by atoms with Gasteiger partial charge in [0.2, 0.25) is 18.2 Å². The number of carbonyl (C=O) groups excluding carboxylic acids is 1. The average molecular weight is 286 g/mol. The van der Waals surface area contributed by atoms with Crippen molar-refractivity contribution in [2.24, 2.45) is 11.1 Å². The highest BCUT2D eigenvalue weighted by atomic mass is 16.4. The molecule has 0 radical (unpaired) electrons. The summed E-state index contributed by atoms with van der Waals surface area (Å²) in [7, 11) is 0. The third-order valence-corrected chi connectivity index (χ3v) is 4.26. The molecule has 6 heteroatoms. The molecule has 1 aliphatic carbocycles. The van der Waals surface area contributed by atoms with Crippen LogP contribution in [0.2, 0.25) is 0 Å². The van der Waals surface area contributed by atoms with Crippen molar-refractivity contribution in [2.45, 2.75) is 26.2 Å². The van der Waals surface area contributed by atoms with Crippen LogP contribution in [0.5, 0.6) is 0 Å². The van der Waals surface area contributed by atoms with Gasteiger partial charge >= 0.3 is 0 Å². The van der Waals surface area contributed by atoms with Gasteiger partial charge in [0.25, 0.3) is 0 Å². The van der Waals surface area contributed by atoms with Crippen molar-refractivity contribution < 1.29 is 9.21 Å². The molecule has 1 aliphatic rings. The fourth-order valence-corrected chi connectivity index (χ4v) is 2.62. The van der Waals surface area contributed by atoms with Crippen molar-refractivity contribution in [3.8, 4) is 11.5 Å². The lowest BCUT2D eigenvalue weighted by atomic mass is 9.68. The van der Waals surface area contributed by atoms with E-state index in [9.17, 15) is 4.79 Å². The molecule has 1 saturated carbocycles. The van der Waals surface area contributed by atoms with Crippen LogP contribution in [0.4, 0.5) is 5.69 Å². The normalized spacial score (nSPS) is 16.3. The SMILES string of the molecule is Cc1cc(-c2nnco2)ccc1NC(=O)C1(CN)CCC1. The third-order valence-electron chi connectivity index (χ3n) is 4.26. The number of anilines is 1. The third kappa shape index (κ3) is 2.42. The number of hydrogen-bond acceptors (Lipinski definition) is 5. The molecule has 0 spiro atoms. The minimum Gasteiger partial charge on any atom is -0.423 e. The Bertz CT molecular complexity index is 642. The van der Waals surface area contributed by atoms with Gasteiger partial charge in [-0.15, -0.1) is 10.2 Å². The van der Waals surface area contributed by atoms with E-state index in [2.05, 4.69) is 15.5 Å². The van der Waals surface area contributed by atoms with Gasteiger partial charge in [0, 0.05) is 17.8 Å². The first kappa shape index (κ1) is 13.8. The molecule has 21 heavy (non-hydrogen) atoms. The van der Waals surface area contributed by atoms with Crippen LogP contribution in [-0.2, 0) is 4.79 Å². The van der Waals surface area contributed by atoms with Crippen LogP contribution in [0, 0.1) is 12.3 Å². The molecule has 1 amide bonds. The summed E-state index contributed by atoms with van der Waals surface area (Å²) in [5, 5.41) is 10.5. The second kappa shape index (κ2) is 5.29. The van der Waals surface area contributed by atoms with Crippen molar-refractivity contribution in [3.05, 3.63) is 30.2 Å². The predicted molar refractivity (Wildman–Crippen MR) is 78.4 cm³/mol. The van der Waals surface area contributed by atoms with E-state index < -0.39 is 0 Å². The van der Waals surface area contributed by atoms with Crippen molar-refractivity contribution in [1.29, 1.82) is 0 Å². The quantitative estimate of drug-likeness (QED) is 0.897. The molecule has 6 nitrogen and oxygen atoms in total. The standard InChI is InChI=1S/C15H18N4O2/c1-10-7-11(13-19-17-9-21-13)3-4-12(10)18-14(20)15(8-16)5-2-6-15/h3-4,7,9H,2,5-6,8,16H2,1H3,(H,18,20). The number of benzene rings is 1. The second-order valence-corrected chi connectivity index (χ2v) is 5.57. The van der Waals surface area contributed by atoms with Crippen LogP contribution in [-0.4, -0.2) is 22.6 Å². The summed E-state index contributed by atoms with van der Waals surface area (Å²) < 4.78 is 5.17. The van der Waals surface area contributed by atoms with Crippen LogP contribution in [0.1, 0.15) is 24.8 Å². The molecule has 110 valence electrons. The van der Waals surface area contributed by atoms with Crippen LogP contribution < -0.4 is 11.1 Å². The number of aromatic nitrogens is 2. The second-order valence-electron chi connectivity index (χ2n) is 5.57. The topological polar surface area (TPSA) is 94.0 Å². The zero-order chi connectivity index (χ0) is 14.9. The fraction of sp³-hybridized carbons (Fsp3) is 0.400. The Hall–Kier alpha value is -2.21. The summed E-state index contributed by atoms with van der Waals surface area (Å²) >= 11 is 0. The van der Waals surface area contributed by atoms with Gasteiger partial charge in [-0.2, -0.15) is 0 Å². The Morgan fingerprint density at radius 2 is 2.29 bits per heavy atom. The van der Waals surface area contributed by atoms with E-state index in [0.29, 0.717) is 12.4 Å². The molecule has 3 N–H and O–H groups in total. The first-order chi connectivity index (χ1) is 10.1. The summed E-state index contributed by atoms with van der Waals surface area (Å²) in [4.78, 5) is 12.4. The Kier molecular flexibility index (Phi) is 3.47. The largest absolute Gasteiger partial charge is 0.423 e. The Morgan fingerprint density at radius 1 is 1.48 bits per heavy atom. The van der Waals surface area contributed by atoms with Crippen LogP contribution in [0.3, 0.4) is 0 Å². The van der Waals surface area contributed by atoms with E-state index in [1.807, 2.05) is 25.1 Å². The highest BCUT2D eigenvalue weighted by molar-refractivity contribution is 5.96. The fourth-order valence-electron chi connectivity index (χ4n) is 2.62. The van der Waals surface area contributed by atoms with Gasteiger partial charge in [0.1, 0.15) is 0 Å². The highest BCUT2D eigenvalue weighted by Gasteiger charge is 2.42. The van der Waals surface area contributed by atoms with Gasteiger partial charge in [0.05, 0.1) is 5.41 Å². The predicted octanol–water partition coefficient (Wildman–Crippen LogP) is 2.11. The maximum Gasteiger partial charge on any atom is 0.247 e. The smallest absolute Gasteiger partial charge is 0.247 e. The van der Waals surface area contributed by atoms with E-state index in [1.165, 1.54) is 6.39 Å². The molecular formula is C15H18N4O2. The first-order valence-electron chi connectivity index (χ1n) is 7.03. The molecule has 1 aromatic heterocycles. The average Bonchev–Trinajstić information content (AvgIpc) is 2.94. The molecule has 1 aromatic carbocycles. The number of amides is 1. The highest BCUT2D eigenvalue weighted by Crippen LogP contribution is 2.41. The minimum atomic E-state index is -0.377. The maximum atomic E-state index is 12.4. The molecule has 0 unspecified atom stereocenters. The van der Waals surface area contributed by atoms with E-state index in [-0.39, 0.29) is 11.3 Å². The monoisotopic (exact) mass is 286 g/mol. The number of nitrogens with one attached hydrogen (secondary N) is 1. The number of nitrogens with two attached hydrogens (primary N) is 1. The minimum absolute atomic E-state index is 0.0184. The van der Waals surface area contributed by atoms with E-state index in [0.717, 1.165) is 36.1 Å². The number of nitrogens with zero attached hydrogens (tertiary/aromatic N) is 2. The molecule has 0 bridgehead atoms. The van der Waals surface area contributed by atoms with Gasteiger partial charge in [-0.25, -0.2) is 0 Å². The number of rotatable bonds is 4. The molecule has 0 aliphatic heterocycles. The number of aryl methyl sites for hydroxylation is 1. The van der Waals surface area contributed by atoms with Crippen LogP contribution in [0.25, 0.3) is 11.5 Å². The summed E-state index contributed by atoms with van der Waals surface area (Å²) in [5.74, 6) is 0.485. The lowest BCUT2D eigenvalue weighted by Crippen LogP contribution is -2.47. The Balaban J connectivity index is 1.79. The van der Waals surface area contributed by atoms with Gasteiger partial charge in [0.15, 0.2) is 0 Å². The summed E-state index contributed by atoms with van der Waals surface area (Å²) in [5.41, 5.74) is 7.96. The summed E-state index contributed by atoms with van der Waals surface area (Å²) in [6.07, 6.45) is 4.10. The number of carbonyl (C=O) groups is 1. The Morgan fingerprint density at radius 3 is 2.81 bits per heavy atom. The van der Waals surface area contributed by atoms with Crippen molar-refractivity contribution >= 4 is 11.6 Å². The first-order valence-corrected chi connectivity index (χ1v) is 7.03. The van der Waals surface area contributed by atoms with Crippen molar-refractivity contribution in [1.82, 2.24) is 10.2 Å². The zero-order valence-electron chi connectivity index (χ0n) is 11.9. The van der Waals surface area contributed by atoms with E-state index >= 15 is 0 Å². The molecule has 1 heterocycles. The Labute approximate surface area is 122 Å². The van der Waals surface area contributed by atoms with Crippen LogP contribution in [0.15, 0.2) is 29.0 Å². The summed E-state index contributed by atoms with van der Waals surface area (Å²) in [6.45, 7) is 2.34. The van der Waals surface area contributed by atoms with Gasteiger partial charge in [-0.3, -0.25) is 4.79 Å². The van der Waals surface area contributed by atoms with Crippen molar-refractivity contribution in [3.63, 3.8) is 0 Å². The van der Waals surface area contributed by atoms with Crippen LogP contribution >= 0.6 is 0 Å². The molecular weight excluding hydrogens is 268 g/mol. The lowest BCUT2D eigenvalue weighted by molar-refractivity contribution is -0.129. The molecule has 0 atom stereocenters. The van der Waals surface area contributed by atoms with E-state index in [1.54, 1.807) is 0 Å². The van der Waals surface area contributed by atoms with Gasteiger partial charge in [-0.05, 0) is 43.5 Å². The van der Waals surface area contributed by atoms with Gasteiger partial charge in [-0.1, -0.05) is 6.42 Å². The lowest BCUT2D eigenvalue weighted by Gasteiger charge is -2.39. The maximum absolute atomic E-state index is 12.4. The van der Waals surface area contributed by atoms with E-state index in [4.69, 9.17) is 10.2 Å². The number of hydrogen-bond donors (Lipinski definition) is 2. The zero-order valence-corrected chi connectivity index (χ0v) is 11.9. The molecule has 1 fully saturated rings.